The SMILES string of the molecule is CCCCN(CC)C(=O)c1ccc(CNC(N)=O)cc1. The number of urea groups is 1. The molecule has 110 valence electrons. The van der Waals surface area contributed by atoms with Gasteiger partial charge in [0, 0.05) is 25.2 Å². The molecule has 3 N–H and O–H groups in total. The van der Waals surface area contributed by atoms with Crippen LogP contribution < -0.4 is 11.1 Å². The maximum Gasteiger partial charge on any atom is 0.312 e. The molecule has 0 fully saturated rings. The molecule has 0 aliphatic rings. The lowest BCUT2D eigenvalue weighted by atomic mass is 10.1. The van der Waals surface area contributed by atoms with Gasteiger partial charge in [0.15, 0.2) is 0 Å². The summed E-state index contributed by atoms with van der Waals surface area (Å²) < 4.78 is 0. The first-order valence-electron chi connectivity index (χ1n) is 7.00. The molecule has 0 aromatic heterocycles. The Morgan fingerprint density at radius 1 is 1.20 bits per heavy atom. The van der Waals surface area contributed by atoms with Gasteiger partial charge >= 0.3 is 6.03 Å². The molecule has 0 radical (unpaired) electrons. The van der Waals surface area contributed by atoms with Gasteiger partial charge in [-0.3, -0.25) is 4.79 Å². The maximum absolute atomic E-state index is 12.3. The van der Waals surface area contributed by atoms with Crippen LogP contribution >= 0.6 is 0 Å². The van der Waals surface area contributed by atoms with Crippen molar-refractivity contribution in [3.63, 3.8) is 0 Å². The van der Waals surface area contributed by atoms with E-state index in [-0.39, 0.29) is 5.91 Å². The Hall–Kier alpha value is -2.04. The van der Waals surface area contributed by atoms with Crippen molar-refractivity contribution in [2.24, 2.45) is 5.73 Å². The molecular formula is C15H23N3O2. The van der Waals surface area contributed by atoms with Gasteiger partial charge < -0.3 is 16.0 Å². The molecule has 0 aliphatic heterocycles. The van der Waals surface area contributed by atoms with E-state index in [0.29, 0.717) is 18.7 Å². The van der Waals surface area contributed by atoms with Crippen molar-refractivity contribution < 1.29 is 9.59 Å². The third-order valence-electron chi connectivity index (χ3n) is 3.12. The second kappa shape index (κ2) is 8.19. The number of carbonyl (C=O) groups is 2. The lowest BCUT2D eigenvalue weighted by Crippen LogP contribution is -2.31. The van der Waals surface area contributed by atoms with E-state index in [4.69, 9.17) is 5.73 Å². The van der Waals surface area contributed by atoms with Gasteiger partial charge in [0.1, 0.15) is 0 Å². The zero-order chi connectivity index (χ0) is 15.0. The van der Waals surface area contributed by atoms with Crippen molar-refractivity contribution in [2.75, 3.05) is 13.1 Å². The van der Waals surface area contributed by atoms with E-state index in [0.717, 1.165) is 24.9 Å². The first kappa shape index (κ1) is 16.0. The number of nitrogens with one attached hydrogen (secondary N) is 1. The second-order valence-corrected chi connectivity index (χ2v) is 4.65. The fraction of sp³-hybridized carbons (Fsp3) is 0.467. The fourth-order valence-corrected chi connectivity index (χ4v) is 1.89. The van der Waals surface area contributed by atoms with Gasteiger partial charge in [-0.1, -0.05) is 25.5 Å². The number of amides is 3. The number of primary amides is 1. The molecule has 0 heterocycles. The molecule has 1 aromatic carbocycles. The van der Waals surface area contributed by atoms with E-state index in [9.17, 15) is 9.59 Å². The highest BCUT2D eigenvalue weighted by Crippen LogP contribution is 2.09. The number of benzene rings is 1. The zero-order valence-electron chi connectivity index (χ0n) is 12.2. The monoisotopic (exact) mass is 277 g/mol. The van der Waals surface area contributed by atoms with Crippen molar-refractivity contribution >= 4 is 11.9 Å². The molecule has 1 rings (SSSR count). The highest BCUT2D eigenvalue weighted by atomic mass is 16.2. The molecule has 0 aliphatic carbocycles. The molecule has 5 nitrogen and oxygen atoms in total. The Kier molecular flexibility index (Phi) is 6.56. The predicted molar refractivity (Wildman–Crippen MR) is 79.4 cm³/mol. The first-order chi connectivity index (χ1) is 9.58. The van der Waals surface area contributed by atoms with Crippen LogP contribution in [-0.2, 0) is 6.54 Å². The van der Waals surface area contributed by atoms with Crippen LogP contribution in [0, 0.1) is 0 Å². The number of rotatable bonds is 7. The number of unbranched alkanes of at least 4 members (excludes halogenated alkanes) is 1. The van der Waals surface area contributed by atoms with Gasteiger partial charge in [-0.2, -0.15) is 0 Å². The Morgan fingerprint density at radius 3 is 2.35 bits per heavy atom. The third kappa shape index (κ3) is 4.91. The van der Waals surface area contributed by atoms with Crippen LogP contribution in [0.2, 0.25) is 0 Å². The van der Waals surface area contributed by atoms with Crippen LogP contribution in [-0.4, -0.2) is 29.9 Å². The van der Waals surface area contributed by atoms with Gasteiger partial charge in [0.2, 0.25) is 0 Å². The molecule has 0 unspecified atom stereocenters. The summed E-state index contributed by atoms with van der Waals surface area (Å²) in [5.74, 6) is 0.0513. The Bertz CT molecular complexity index is 443. The summed E-state index contributed by atoms with van der Waals surface area (Å²) in [5.41, 5.74) is 6.60. The molecular weight excluding hydrogens is 254 g/mol. The van der Waals surface area contributed by atoms with E-state index in [2.05, 4.69) is 12.2 Å². The van der Waals surface area contributed by atoms with E-state index in [1.54, 1.807) is 12.1 Å². The van der Waals surface area contributed by atoms with Crippen molar-refractivity contribution in [1.29, 1.82) is 0 Å². The fourth-order valence-electron chi connectivity index (χ4n) is 1.89. The summed E-state index contributed by atoms with van der Waals surface area (Å²) in [7, 11) is 0. The molecule has 20 heavy (non-hydrogen) atoms. The summed E-state index contributed by atoms with van der Waals surface area (Å²) in [6.07, 6.45) is 2.09. The molecule has 1 aromatic rings. The van der Waals surface area contributed by atoms with Crippen LogP contribution in [0.25, 0.3) is 0 Å². The molecule has 3 amide bonds. The Morgan fingerprint density at radius 2 is 1.85 bits per heavy atom. The molecule has 0 saturated carbocycles. The highest BCUT2D eigenvalue weighted by molar-refractivity contribution is 5.94. The number of hydrogen-bond acceptors (Lipinski definition) is 2. The first-order valence-corrected chi connectivity index (χ1v) is 7.00. The van der Waals surface area contributed by atoms with Crippen LogP contribution in [0.4, 0.5) is 4.79 Å². The average molecular weight is 277 g/mol. The minimum Gasteiger partial charge on any atom is -0.352 e. The third-order valence-corrected chi connectivity index (χ3v) is 3.12. The van der Waals surface area contributed by atoms with Gasteiger partial charge in [0.25, 0.3) is 5.91 Å². The Balaban J connectivity index is 2.66. The standard InChI is InChI=1S/C15H23N3O2/c1-3-5-10-18(4-2)14(19)13-8-6-12(7-9-13)11-17-15(16)20/h6-9H,3-5,10-11H2,1-2H3,(H3,16,17,20). The van der Waals surface area contributed by atoms with Crippen LogP contribution in [0.5, 0.6) is 0 Å². The van der Waals surface area contributed by atoms with E-state index < -0.39 is 6.03 Å². The summed E-state index contributed by atoms with van der Waals surface area (Å²) in [6.45, 7) is 5.97. The molecule has 0 spiro atoms. The van der Waals surface area contributed by atoms with Gasteiger partial charge in [0.05, 0.1) is 0 Å². The smallest absolute Gasteiger partial charge is 0.312 e. The highest BCUT2D eigenvalue weighted by Gasteiger charge is 2.13. The summed E-state index contributed by atoms with van der Waals surface area (Å²) in [5, 5.41) is 2.52. The maximum atomic E-state index is 12.3. The van der Waals surface area contributed by atoms with Crippen molar-refractivity contribution in [1.82, 2.24) is 10.2 Å². The summed E-state index contributed by atoms with van der Waals surface area (Å²) >= 11 is 0. The second-order valence-electron chi connectivity index (χ2n) is 4.65. The largest absolute Gasteiger partial charge is 0.352 e. The normalized spacial score (nSPS) is 10.1. The molecule has 5 heteroatoms. The van der Waals surface area contributed by atoms with Crippen LogP contribution in [0.15, 0.2) is 24.3 Å². The van der Waals surface area contributed by atoms with E-state index >= 15 is 0 Å². The van der Waals surface area contributed by atoms with E-state index in [1.165, 1.54) is 0 Å². The molecule has 0 atom stereocenters. The average Bonchev–Trinajstić information content (AvgIpc) is 2.46. The lowest BCUT2D eigenvalue weighted by Gasteiger charge is -2.20. The summed E-state index contributed by atoms with van der Waals surface area (Å²) in [6, 6.07) is 6.68. The lowest BCUT2D eigenvalue weighted by molar-refractivity contribution is 0.0762. The number of nitrogens with zero attached hydrogens (tertiary/aromatic N) is 1. The quantitative estimate of drug-likeness (QED) is 0.801. The van der Waals surface area contributed by atoms with Crippen molar-refractivity contribution in [3.8, 4) is 0 Å². The van der Waals surface area contributed by atoms with Crippen LogP contribution in [0.3, 0.4) is 0 Å². The number of carbonyl (C=O) groups excluding carboxylic acids is 2. The molecule has 0 saturated heterocycles. The minimum atomic E-state index is -0.554. The van der Waals surface area contributed by atoms with E-state index in [1.807, 2.05) is 24.0 Å². The zero-order valence-corrected chi connectivity index (χ0v) is 12.2. The molecule has 0 bridgehead atoms. The topological polar surface area (TPSA) is 75.4 Å². The van der Waals surface area contributed by atoms with Gasteiger partial charge in [-0.05, 0) is 31.0 Å². The van der Waals surface area contributed by atoms with Gasteiger partial charge in [-0.15, -0.1) is 0 Å². The van der Waals surface area contributed by atoms with Crippen LogP contribution in [0.1, 0.15) is 42.6 Å². The minimum absolute atomic E-state index is 0.0513. The Labute approximate surface area is 120 Å². The summed E-state index contributed by atoms with van der Waals surface area (Å²) in [4.78, 5) is 24.8. The predicted octanol–water partition coefficient (Wildman–Crippen LogP) is 2.12. The number of nitrogens with two attached hydrogens (primary N) is 1. The number of hydrogen-bond donors (Lipinski definition) is 2. The van der Waals surface area contributed by atoms with Gasteiger partial charge in [-0.25, -0.2) is 4.79 Å². The van der Waals surface area contributed by atoms with Crippen molar-refractivity contribution in [2.45, 2.75) is 33.2 Å². The van der Waals surface area contributed by atoms with Crippen molar-refractivity contribution in [3.05, 3.63) is 35.4 Å².